The van der Waals surface area contributed by atoms with Gasteiger partial charge in [-0.05, 0) is 32.0 Å². The molecule has 4 rings (SSSR count). The SMILES string of the molecule is Cc1nc2cc(F)cc(C(=O)NCCNc3nc4ccccc4s3)c2nc1C. The largest absolute Gasteiger partial charge is 0.360 e. The molecule has 0 aliphatic carbocycles. The second-order valence-corrected chi connectivity index (χ2v) is 7.42. The van der Waals surface area contributed by atoms with Crippen molar-refractivity contribution in [1.82, 2.24) is 20.3 Å². The van der Waals surface area contributed by atoms with Crippen molar-refractivity contribution in [3.8, 4) is 0 Å². The van der Waals surface area contributed by atoms with Gasteiger partial charge in [0.05, 0.1) is 32.7 Å². The molecule has 2 aromatic heterocycles. The first-order valence-corrected chi connectivity index (χ1v) is 9.65. The highest BCUT2D eigenvalue weighted by Gasteiger charge is 2.15. The number of nitrogens with zero attached hydrogens (tertiary/aromatic N) is 3. The first kappa shape index (κ1) is 18.2. The van der Waals surface area contributed by atoms with E-state index < -0.39 is 5.82 Å². The van der Waals surface area contributed by atoms with Gasteiger partial charge in [0.1, 0.15) is 11.3 Å². The van der Waals surface area contributed by atoms with Crippen molar-refractivity contribution in [2.45, 2.75) is 13.8 Å². The van der Waals surface area contributed by atoms with Crippen LogP contribution in [0.15, 0.2) is 36.4 Å². The molecule has 0 fully saturated rings. The molecule has 28 heavy (non-hydrogen) atoms. The molecule has 8 heteroatoms. The van der Waals surface area contributed by atoms with Crippen LogP contribution in [0.3, 0.4) is 0 Å². The average Bonchev–Trinajstić information content (AvgIpc) is 3.08. The molecular formula is C20H18FN5OS. The lowest BCUT2D eigenvalue weighted by Gasteiger charge is -2.09. The van der Waals surface area contributed by atoms with E-state index in [1.807, 2.05) is 31.2 Å². The predicted octanol–water partition coefficient (Wildman–Crippen LogP) is 3.84. The summed E-state index contributed by atoms with van der Waals surface area (Å²) in [5.41, 5.74) is 3.33. The fourth-order valence-electron chi connectivity index (χ4n) is 2.86. The Kier molecular flexibility index (Phi) is 4.87. The lowest BCUT2D eigenvalue weighted by Crippen LogP contribution is -2.29. The van der Waals surface area contributed by atoms with Gasteiger partial charge in [0.2, 0.25) is 0 Å². The van der Waals surface area contributed by atoms with Crippen LogP contribution in [0, 0.1) is 19.7 Å². The Balaban J connectivity index is 1.44. The number of aryl methyl sites for hydroxylation is 2. The van der Waals surface area contributed by atoms with Crippen LogP contribution in [0.2, 0.25) is 0 Å². The topological polar surface area (TPSA) is 79.8 Å². The summed E-state index contributed by atoms with van der Waals surface area (Å²) in [5, 5.41) is 6.79. The molecule has 4 aromatic rings. The number of rotatable bonds is 5. The van der Waals surface area contributed by atoms with Crippen LogP contribution in [0.25, 0.3) is 21.3 Å². The predicted molar refractivity (Wildman–Crippen MR) is 109 cm³/mol. The van der Waals surface area contributed by atoms with Crippen LogP contribution >= 0.6 is 11.3 Å². The quantitative estimate of drug-likeness (QED) is 0.502. The molecule has 0 spiro atoms. The van der Waals surface area contributed by atoms with Gasteiger partial charge < -0.3 is 10.6 Å². The van der Waals surface area contributed by atoms with Crippen LogP contribution < -0.4 is 10.6 Å². The summed E-state index contributed by atoms with van der Waals surface area (Å²) < 4.78 is 15.0. The minimum absolute atomic E-state index is 0.186. The minimum Gasteiger partial charge on any atom is -0.360 e. The Bertz CT molecular complexity index is 1160. The van der Waals surface area contributed by atoms with Crippen LogP contribution in [0.1, 0.15) is 21.7 Å². The highest BCUT2D eigenvalue weighted by Crippen LogP contribution is 2.25. The molecule has 6 nitrogen and oxygen atoms in total. The summed E-state index contributed by atoms with van der Waals surface area (Å²) in [6.07, 6.45) is 0. The normalized spacial score (nSPS) is 11.1. The Morgan fingerprint density at radius 2 is 1.82 bits per heavy atom. The molecule has 142 valence electrons. The van der Waals surface area contributed by atoms with E-state index in [9.17, 15) is 9.18 Å². The summed E-state index contributed by atoms with van der Waals surface area (Å²) in [7, 11) is 0. The molecule has 2 aromatic carbocycles. The van der Waals surface area contributed by atoms with Gasteiger partial charge >= 0.3 is 0 Å². The van der Waals surface area contributed by atoms with Gasteiger partial charge in [-0.2, -0.15) is 0 Å². The first-order valence-electron chi connectivity index (χ1n) is 8.83. The number of carbonyl (C=O) groups excluding carboxylic acids is 1. The fraction of sp³-hybridized carbons (Fsp3) is 0.200. The van der Waals surface area contributed by atoms with E-state index in [4.69, 9.17) is 0 Å². The Hall–Kier alpha value is -3.13. The standard InChI is InChI=1S/C20H18FN5OS/c1-11-12(2)25-18-14(9-13(21)10-16(18)24-11)19(27)22-7-8-23-20-26-15-5-3-4-6-17(15)28-20/h3-6,9-10H,7-8H2,1-2H3,(H,22,27)(H,23,26). The molecule has 0 radical (unpaired) electrons. The second-order valence-electron chi connectivity index (χ2n) is 6.38. The molecule has 2 N–H and O–H groups in total. The molecule has 2 heterocycles. The number of aromatic nitrogens is 3. The molecule has 0 atom stereocenters. The van der Waals surface area contributed by atoms with Crippen molar-refractivity contribution in [2.24, 2.45) is 0 Å². The van der Waals surface area contributed by atoms with Gasteiger partial charge in [0.25, 0.3) is 5.91 Å². The number of hydrogen-bond acceptors (Lipinski definition) is 6. The number of hydrogen-bond donors (Lipinski definition) is 2. The monoisotopic (exact) mass is 395 g/mol. The molecule has 0 aliphatic rings. The number of carbonyl (C=O) groups is 1. The molecule has 0 bridgehead atoms. The highest BCUT2D eigenvalue weighted by atomic mass is 32.1. The van der Waals surface area contributed by atoms with Crippen LogP contribution in [-0.2, 0) is 0 Å². The molecule has 0 aliphatic heterocycles. The summed E-state index contributed by atoms with van der Waals surface area (Å²) >= 11 is 1.56. The number of anilines is 1. The van der Waals surface area contributed by atoms with E-state index in [-0.39, 0.29) is 11.5 Å². The zero-order valence-electron chi connectivity index (χ0n) is 15.4. The lowest BCUT2D eigenvalue weighted by molar-refractivity contribution is 0.0956. The zero-order chi connectivity index (χ0) is 19.7. The summed E-state index contributed by atoms with van der Waals surface area (Å²) in [4.78, 5) is 25.8. The molecule has 0 unspecified atom stereocenters. The average molecular weight is 395 g/mol. The van der Waals surface area contributed by atoms with Crippen LogP contribution in [-0.4, -0.2) is 33.9 Å². The van der Waals surface area contributed by atoms with Crippen molar-refractivity contribution in [3.05, 3.63) is 59.2 Å². The third-order valence-electron chi connectivity index (χ3n) is 4.37. The smallest absolute Gasteiger partial charge is 0.253 e. The number of thiazole rings is 1. The number of nitrogens with one attached hydrogen (secondary N) is 2. The summed E-state index contributed by atoms with van der Waals surface area (Å²) in [6, 6.07) is 10.4. The van der Waals surface area contributed by atoms with Gasteiger partial charge in [-0.15, -0.1) is 0 Å². The third-order valence-corrected chi connectivity index (χ3v) is 5.37. The van der Waals surface area contributed by atoms with E-state index in [0.717, 1.165) is 15.3 Å². The molecule has 0 saturated heterocycles. The highest BCUT2D eigenvalue weighted by molar-refractivity contribution is 7.22. The van der Waals surface area contributed by atoms with Crippen LogP contribution in [0.5, 0.6) is 0 Å². The Morgan fingerprint density at radius 3 is 2.64 bits per heavy atom. The lowest BCUT2D eigenvalue weighted by atomic mass is 10.1. The summed E-state index contributed by atoms with van der Waals surface area (Å²) in [5.74, 6) is -0.893. The third kappa shape index (κ3) is 3.63. The maximum Gasteiger partial charge on any atom is 0.253 e. The van der Waals surface area contributed by atoms with E-state index in [1.54, 1.807) is 18.3 Å². The number of fused-ring (bicyclic) bond motifs is 2. The van der Waals surface area contributed by atoms with Crippen LogP contribution in [0.4, 0.5) is 9.52 Å². The Morgan fingerprint density at radius 1 is 1.04 bits per heavy atom. The van der Waals surface area contributed by atoms with Gasteiger partial charge in [0, 0.05) is 19.2 Å². The van der Waals surface area contributed by atoms with Crippen molar-refractivity contribution >= 4 is 43.6 Å². The van der Waals surface area contributed by atoms with Crippen molar-refractivity contribution in [2.75, 3.05) is 18.4 Å². The first-order chi connectivity index (χ1) is 13.5. The van der Waals surface area contributed by atoms with Gasteiger partial charge in [-0.1, -0.05) is 23.5 Å². The Labute approximate surface area is 164 Å². The number of benzene rings is 2. The van der Waals surface area contributed by atoms with Crippen molar-refractivity contribution in [3.63, 3.8) is 0 Å². The summed E-state index contributed by atoms with van der Waals surface area (Å²) in [6.45, 7) is 4.49. The molecule has 0 saturated carbocycles. The van der Waals surface area contributed by atoms with Gasteiger partial charge in [-0.25, -0.2) is 19.3 Å². The van der Waals surface area contributed by atoms with Gasteiger partial charge in [-0.3, -0.25) is 4.79 Å². The maximum atomic E-state index is 13.9. The van der Waals surface area contributed by atoms with E-state index in [2.05, 4.69) is 25.6 Å². The number of amides is 1. The molecule has 1 amide bonds. The number of halogens is 1. The molecular weight excluding hydrogens is 377 g/mol. The van der Waals surface area contributed by atoms with Crippen molar-refractivity contribution < 1.29 is 9.18 Å². The minimum atomic E-state index is -0.511. The maximum absolute atomic E-state index is 13.9. The fourth-order valence-corrected chi connectivity index (χ4v) is 3.75. The second kappa shape index (κ2) is 7.47. The van der Waals surface area contributed by atoms with Crippen molar-refractivity contribution in [1.29, 1.82) is 0 Å². The van der Waals surface area contributed by atoms with E-state index in [0.29, 0.717) is 35.5 Å². The zero-order valence-corrected chi connectivity index (χ0v) is 16.2. The van der Waals surface area contributed by atoms with Gasteiger partial charge in [0.15, 0.2) is 5.13 Å². The van der Waals surface area contributed by atoms with E-state index in [1.165, 1.54) is 12.1 Å². The number of para-hydroxylation sites is 1. The van der Waals surface area contributed by atoms with E-state index >= 15 is 0 Å².